The third-order valence-corrected chi connectivity index (χ3v) is 3.07. The van der Waals surface area contributed by atoms with Crippen LogP contribution in [0.2, 0.25) is 0 Å². The zero-order valence-corrected chi connectivity index (χ0v) is 9.37. The lowest BCUT2D eigenvalue weighted by atomic mass is 10.1. The van der Waals surface area contributed by atoms with Gasteiger partial charge in [0.15, 0.2) is 17.8 Å². The number of aromatic nitrogens is 3. The van der Waals surface area contributed by atoms with Gasteiger partial charge in [0.05, 0.1) is 5.69 Å². The minimum Gasteiger partial charge on any atom is -0.370 e. The third-order valence-electron chi connectivity index (χ3n) is 3.07. The van der Waals surface area contributed by atoms with Gasteiger partial charge in [-0.25, -0.2) is 0 Å². The second-order valence-corrected chi connectivity index (χ2v) is 4.18. The van der Waals surface area contributed by atoms with Crippen molar-refractivity contribution in [1.82, 2.24) is 14.6 Å². The molecule has 1 aliphatic heterocycles. The lowest BCUT2D eigenvalue weighted by molar-refractivity contribution is 0.00879. The minimum absolute atomic E-state index is 0.0418. The fourth-order valence-electron chi connectivity index (χ4n) is 2.23. The van der Waals surface area contributed by atoms with Crippen LogP contribution >= 0.6 is 0 Å². The van der Waals surface area contributed by atoms with Crippen molar-refractivity contribution in [2.45, 2.75) is 25.4 Å². The van der Waals surface area contributed by atoms with Gasteiger partial charge in [0, 0.05) is 6.61 Å². The maximum absolute atomic E-state index is 11.0. The summed E-state index contributed by atoms with van der Waals surface area (Å²) in [6.45, 7) is 0.753. The van der Waals surface area contributed by atoms with Gasteiger partial charge in [0.25, 0.3) is 0 Å². The van der Waals surface area contributed by atoms with Gasteiger partial charge in [0.1, 0.15) is 6.10 Å². The maximum Gasteiger partial charge on any atom is 0.167 e. The second-order valence-electron chi connectivity index (χ2n) is 4.18. The zero-order chi connectivity index (χ0) is 11.7. The predicted octanol–water partition coefficient (Wildman–Crippen LogP) is 1.78. The first-order valence-electron chi connectivity index (χ1n) is 5.81. The Bertz CT molecular complexity index is 544. The summed E-state index contributed by atoms with van der Waals surface area (Å²) in [6.07, 6.45) is 3.94. The van der Waals surface area contributed by atoms with Crippen LogP contribution in [0.15, 0.2) is 18.2 Å². The molecule has 2 aromatic rings. The summed E-state index contributed by atoms with van der Waals surface area (Å²) in [6, 6.07) is 5.40. The van der Waals surface area contributed by atoms with Crippen LogP contribution in [0.1, 0.15) is 41.7 Å². The van der Waals surface area contributed by atoms with Crippen LogP contribution in [0.5, 0.6) is 0 Å². The van der Waals surface area contributed by atoms with Crippen molar-refractivity contribution in [3.8, 4) is 0 Å². The van der Waals surface area contributed by atoms with Crippen molar-refractivity contribution in [3.05, 3.63) is 29.7 Å². The molecule has 1 aliphatic rings. The molecule has 1 unspecified atom stereocenters. The van der Waals surface area contributed by atoms with Crippen molar-refractivity contribution in [1.29, 1.82) is 0 Å². The first kappa shape index (κ1) is 10.4. The Kier molecular flexibility index (Phi) is 2.60. The van der Waals surface area contributed by atoms with Gasteiger partial charge in [-0.3, -0.25) is 9.20 Å². The van der Waals surface area contributed by atoms with E-state index < -0.39 is 0 Å². The number of aldehydes is 1. The number of rotatable bonds is 2. The maximum atomic E-state index is 11.0. The summed E-state index contributed by atoms with van der Waals surface area (Å²) in [7, 11) is 0. The average molecular weight is 231 g/mol. The van der Waals surface area contributed by atoms with E-state index in [1.54, 1.807) is 16.5 Å². The molecule has 0 aromatic carbocycles. The molecule has 0 aliphatic carbocycles. The molecule has 2 aromatic heterocycles. The normalized spacial score (nSPS) is 20.6. The molecule has 17 heavy (non-hydrogen) atoms. The first-order valence-corrected chi connectivity index (χ1v) is 5.81. The molecular weight excluding hydrogens is 218 g/mol. The summed E-state index contributed by atoms with van der Waals surface area (Å²) in [5, 5.41) is 8.23. The van der Waals surface area contributed by atoms with E-state index in [-0.39, 0.29) is 6.10 Å². The van der Waals surface area contributed by atoms with Gasteiger partial charge in [-0.05, 0) is 31.4 Å². The number of ether oxygens (including phenoxy) is 1. The fourth-order valence-corrected chi connectivity index (χ4v) is 2.23. The highest BCUT2D eigenvalue weighted by Gasteiger charge is 2.22. The summed E-state index contributed by atoms with van der Waals surface area (Å²) < 4.78 is 7.47. The number of fused-ring (bicyclic) bond motifs is 1. The van der Waals surface area contributed by atoms with Crippen LogP contribution in [0.25, 0.3) is 5.65 Å². The SMILES string of the molecule is O=Cc1cccc2nnc(C3CCCCO3)n12. The average Bonchev–Trinajstić information content (AvgIpc) is 2.83. The first-order chi connectivity index (χ1) is 8.40. The largest absolute Gasteiger partial charge is 0.370 e. The van der Waals surface area contributed by atoms with Crippen LogP contribution in [0.3, 0.4) is 0 Å². The van der Waals surface area contributed by atoms with Crippen molar-refractivity contribution < 1.29 is 9.53 Å². The molecule has 1 fully saturated rings. The Morgan fingerprint density at radius 1 is 1.35 bits per heavy atom. The fraction of sp³-hybridized carbons (Fsp3) is 0.417. The third kappa shape index (κ3) is 1.72. The molecule has 0 N–H and O–H groups in total. The van der Waals surface area contributed by atoms with E-state index in [0.29, 0.717) is 11.3 Å². The summed E-state index contributed by atoms with van der Waals surface area (Å²) in [5.41, 5.74) is 1.26. The zero-order valence-electron chi connectivity index (χ0n) is 9.37. The quantitative estimate of drug-likeness (QED) is 0.739. The van der Waals surface area contributed by atoms with E-state index in [4.69, 9.17) is 4.74 Å². The van der Waals surface area contributed by atoms with Gasteiger partial charge < -0.3 is 4.74 Å². The van der Waals surface area contributed by atoms with E-state index >= 15 is 0 Å². The monoisotopic (exact) mass is 231 g/mol. The Labute approximate surface area is 98.4 Å². The molecule has 0 amide bonds. The van der Waals surface area contributed by atoms with Crippen molar-refractivity contribution >= 4 is 11.9 Å². The second kappa shape index (κ2) is 4.25. The van der Waals surface area contributed by atoms with Crippen LogP contribution < -0.4 is 0 Å². The van der Waals surface area contributed by atoms with Crippen molar-refractivity contribution in [2.75, 3.05) is 6.61 Å². The van der Waals surface area contributed by atoms with Gasteiger partial charge in [0.2, 0.25) is 0 Å². The molecule has 88 valence electrons. The summed E-state index contributed by atoms with van der Waals surface area (Å²) in [4.78, 5) is 11.0. The van der Waals surface area contributed by atoms with E-state index in [1.807, 2.05) is 6.07 Å². The lowest BCUT2D eigenvalue weighted by Gasteiger charge is -2.21. The van der Waals surface area contributed by atoms with E-state index in [1.165, 1.54) is 0 Å². The molecule has 1 atom stereocenters. The van der Waals surface area contributed by atoms with Gasteiger partial charge in [-0.2, -0.15) is 0 Å². The standard InChI is InChI=1S/C12H13N3O2/c16-8-9-4-3-6-11-13-14-12(15(9)11)10-5-1-2-7-17-10/h3-4,6,8,10H,1-2,5,7H2. The Balaban J connectivity index is 2.12. The molecule has 0 radical (unpaired) electrons. The van der Waals surface area contributed by atoms with E-state index in [2.05, 4.69) is 10.2 Å². The molecule has 0 bridgehead atoms. The highest BCUT2D eigenvalue weighted by molar-refractivity contribution is 5.73. The van der Waals surface area contributed by atoms with Gasteiger partial charge >= 0.3 is 0 Å². The minimum atomic E-state index is -0.0418. The molecular formula is C12H13N3O2. The molecule has 5 heteroatoms. The molecule has 3 rings (SSSR count). The van der Waals surface area contributed by atoms with Gasteiger partial charge in [-0.15, -0.1) is 10.2 Å². The topological polar surface area (TPSA) is 56.5 Å². The summed E-state index contributed by atoms with van der Waals surface area (Å²) >= 11 is 0. The van der Waals surface area contributed by atoms with Crippen LogP contribution in [-0.2, 0) is 4.74 Å². The Morgan fingerprint density at radius 3 is 3.06 bits per heavy atom. The smallest absolute Gasteiger partial charge is 0.167 e. The number of carbonyl (C=O) groups is 1. The van der Waals surface area contributed by atoms with Crippen molar-refractivity contribution in [2.24, 2.45) is 0 Å². The van der Waals surface area contributed by atoms with Gasteiger partial charge in [-0.1, -0.05) is 6.07 Å². The molecule has 5 nitrogen and oxygen atoms in total. The summed E-state index contributed by atoms with van der Waals surface area (Å²) in [5.74, 6) is 0.738. The number of pyridine rings is 1. The van der Waals surface area contributed by atoms with E-state index in [0.717, 1.165) is 38.0 Å². The van der Waals surface area contributed by atoms with Crippen LogP contribution in [0.4, 0.5) is 0 Å². The van der Waals surface area contributed by atoms with Crippen LogP contribution in [0, 0.1) is 0 Å². The molecule has 1 saturated heterocycles. The number of carbonyl (C=O) groups excluding carboxylic acids is 1. The predicted molar refractivity (Wildman–Crippen MR) is 60.9 cm³/mol. The van der Waals surface area contributed by atoms with Crippen molar-refractivity contribution in [3.63, 3.8) is 0 Å². The number of nitrogens with zero attached hydrogens (tertiary/aromatic N) is 3. The Morgan fingerprint density at radius 2 is 2.29 bits per heavy atom. The molecule has 0 spiro atoms. The number of hydrogen-bond donors (Lipinski definition) is 0. The lowest BCUT2D eigenvalue weighted by Crippen LogP contribution is -2.15. The van der Waals surface area contributed by atoms with E-state index in [9.17, 15) is 4.79 Å². The highest BCUT2D eigenvalue weighted by atomic mass is 16.5. The van der Waals surface area contributed by atoms with Crippen LogP contribution in [-0.4, -0.2) is 27.5 Å². The Hall–Kier alpha value is -1.75. The number of hydrogen-bond acceptors (Lipinski definition) is 4. The molecule has 3 heterocycles. The molecule has 0 saturated carbocycles. The highest BCUT2D eigenvalue weighted by Crippen LogP contribution is 2.27.